The van der Waals surface area contributed by atoms with E-state index in [1.54, 1.807) is 42.5 Å². The van der Waals surface area contributed by atoms with Gasteiger partial charge in [0.05, 0.1) is 5.52 Å². The molecular formula is C43H33NOS. The molecule has 0 amide bonds. The number of ether oxygens (including phenoxy) is 1. The average molecular weight is 618 g/mol. The van der Waals surface area contributed by atoms with Crippen molar-refractivity contribution in [1.29, 1.82) is 0 Å². The third-order valence-corrected chi connectivity index (χ3v) is 10.6. The largest absolute Gasteiger partial charge is 0.456 e. The fourth-order valence-corrected chi connectivity index (χ4v) is 8.52. The maximum Gasteiger partial charge on any atom is 0.139 e. The smallest absolute Gasteiger partial charge is 0.139 e. The van der Waals surface area contributed by atoms with Gasteiger partial charge in [0.1, 0.15) is 16.3 Å². The van der Waals surface area contributed by atoms with E-state index in [1.165, 1.54) is 20.9 Å². The maximum atomic E-state index is 8.95. The number of thiophene rings is 1. The first-order chi connectivity index (χ1) is 24.9. The zero-order valence-corrected chi connectivity index (χ0v) is 26.2. The van der Waals surface area contributed by atoms with Gasteiger partial charge < -0.3 is 9.30 Å². The molecule has 1 aliphatic rings. The van der Waals surface area contributed by atoms with E-state index in [0.717, 1.165) is 27.2 Å². The second kappa shape index (κ2) is 9.94. The number of hydrogen-bond donors (Lipinski definition) is 0. The SMILES string of the molecule is [2H]C([2H])([2H])c1c(-c2cccc(-n3c4ccccc4c4c5ccccc5sc43)c2)ccc(C)c1-c1cccc2c1Oc1ccccc1C2(C)C([2H])([2H])[2H]. The van der Waals surface area contributed by atoms with Crippen LogP contribution in [0.2, 0.25) is 0 Å². The molecule has 2 nitrogen and oxygen atoms in total. The molecule has 222 valence electrons. The summed E-state index contributed by atoms with van der Waals surface area (Å²) in [4.78, 5) is 1.13. The number of fused-ring (bicyclic) bond motifs is 7. The second-order valence-corrected chi connectivity index (χ2v) is 13.3. The van der Waals surface area contributed by atoms with Crippen LogP contribution in [0.4, 0.5) is 0 Å². The summed E-state index contributed by atoms with van der Waals surface area (Å²) in [7, 11) is 0. The van der Waals surface area contributed by atoms with E-state index in [2.05, 4.69) is 59.2 Å². The lowest BCUT2D eigenvalue weighted by Crippen LogP contribution is -2.24. The number of rotatable bonds is 3. The highest BCUT2D eigenvalue weighted by Crippen LogP contribution is 2.52. The van der Waals surface area contributed by atoms with Gasteiger partial charge in [-0.2, -0.15) is 0 Å². The van der Waals surface area contributed by atoms with Crippen LogP contribution in [0.15, 0.2) is 127 Å². The van der Waals surface area contributed by atoms with Gasteiger partial charge in [-0.1, -0.05) is 111 Å². The standard InChI is InChI=1S/C43H33NOS/c1-26-23-24-30(27(2)39(26)33-17-12-19-35-41(33)45-37-21-9-7-18-34(37)43(35,3)4)28-13-11-14-29(25-28)44-36-20-8-5-15-31(36)40-32-16-6-10-22-38(32)46-42(40)44/h5-25H,1-4H3/i2D3,3D3. The molecule has 1 atom stereocenters. The van der Waals surface area contributed by atoms with Gasteiger partial charge in [-0.25, -0.2) is 0 Å². The minimum absolute atomic E-state index is 0.195. The lowest BCUT2D eigenvalue weighted by Gasteiger charge is -2.35. The normalized spacial score (nSPS) is 18.1. The molecule has 0 N–H and O–H groups in total. The Kier molecular flexibility index (Phi) is 4.66. The molecule has 46 heavy (non-hydrogen) atoms. The van der Waals surface area contributed by atoms with Crippen LogP contribution >= 0.6 is 11.3 Å². The van der Waals surface area contributed by atoms with Gasteiger partial charge >= 0.3 is 0 Å². The quantitative estimate of drug-likeness (QED) is 0.192. The van der Waals surface area contributed by atoms with E-state index in [1.807, 2.05) is 55.5 Å². The molecule has 8 aromatic rings. The van der Waals surface area contributed by atoms with Crippen molar-refractivity contribution in [3.8, 4) is 39.4 Å². The first-order valence-corrected chi connectivity index (χ1v) is 16.3. The van der Waals surface area contributed by atoms with Crippen LogP contribution in [0, 0.1) is 13.8 Å². The first-order valence-electron chi connectivity index (χ1n) is 18.4. The molecule has 0 spiro atoms. The van der Waals surface area contributed by atoms with Gasteiger partial charge in [-0.15, -0.1) is 11.3 Å². The number of para-hydroxylation sites is 3. The summed E-state index contributed by atoms with van der Waals surface area (Å²) >= 11 is 1.75. The molecule has 0 radical (unpaired) electrons. The summed E-state index contributed by atoms with van der Waals surface area (Å²) in [6, 6.07) is 41.4. The van der Waals surface area contributed by atoms with E-state index >= 15 is 0 Å². The summed E-state index contributed by atoms with van der Waals surface area (Å²) in [5.74, 6) is 0.815. The molecule has 2 aromatic heterocycles. The Labute approximate surface area is 281 Å². The molecule has 1 aliphatic heterocycles. The van der Waals surface area contributed by atoms with E-state index in [-0.39, 0.29) is 5.56 Å². The summed E-state index contributed by atoms with van der Waals surface area (Å²) in [5.41, 5.74) is 5.06. The second-order valence-electron chi connectivity index (χ2n) is 12.3. The van der Waals surface area contributed by atoms with E-state index < -0.39 is 19.1 Å². The van der Waals surface area contributed by atoms with Crippen molar-refractivity contribution < 1.29 is 13.0 Å². The summed E-state index contributed by atoms with van der Waals surface area (Å²) in [6.45, 7) is -1.31. The zero-order chi connectivity index (χ0) is 36.2. The van der Waals surface area contributed by atoms with Gasteiger partial charge in [-0.3, -0.25) is 0 Å². The van der Waals surface area contributed by atoms with Gasteiger partial charge in [0, 0.05) is 56.9 Å². The lowest BCUT2D eigenvalue weighted by atomic mass is 9.74. The van der Waals surface area contributed by atoms with Crippen LogP contribution in [0.3, 0.4) is 0 Å². The molecule has 9 rings (SSSR count). The Hall–Kier alpha value is -5.12. The Morgan fingerprint density at radius 1 is 0.739 bits per heavy atom. The molecule has 0 fully saturated rings. The topological polar surface area (TPSA) is 14.2 Å². The first kappa shape index (κ1) is 21.6. The Balaban J connectivity index is 1.28. The highest BCUT2D eigenvalue weighted by molar-refractivity contribution is 7.25. The molecule has 0 saturated heterocycles. The summed E-state index contributed by atoms with van der Waals surface area (Å²) < 4.78 is 63.0. The van der Waals surface area contributed by atoms with Crippen LogP contribution in [-0.4, -0.2) is 4.57 Å². The third kappa shape index (κ3) is 3.82. The van der Waals surface area contributed by atoms with Crippen LogP contribution in [0.25, 0.3) is 59.1 Å². The molecule has 6 aromatic carbocycles. The van der Waals surface area contributed by atoms with Crippen molar-refractivity contribution in [3.63, 3.8) is 0 Å². The Morgan fingerprint density at radius 2 is 1.52 bits per heavy atom. The van der Waals surface area contributed by atoms with E-state index in [9.17, 15) is 0 Å². The maximum absolute atomic E-state index is 8.95. The summed E-state index contributed by atoms with van der Waals surface area (Å²) in [5, 5.41) is 3.59. The molecule has 0 aliphatic carbocycles. The number of aromatic nitrogens is 1. The molecule has 0 bridgehead atoms. The Morgan fingerprint density at radius 3 is 2.41 bits per heavy atom. The number of benzene rings is 6. The molecule has 0 saturated carbocycles. The monoisotopic (exact) mass is 617 g/mol. The number of nitrogens with zero attached hydrogens (tertiary/aromatic N) is 1. The van der Waals surface area contributed by atoms with Crippen molar-refractivity contribution in [3.05, 3.63) is 150 Å². The molecule has 3 heterocycles. The fourth-order valence-electron chi connectivity index (χ4n) is 7.26. The molecule has 1 unspecified atom stereocenters. The predicted octanol–water partition coefficient (Wildman–Crippen LogP) is 12.4. The van der Waals surface area contributed by atoms with E-state index in [4.69, 9.17) is 13.0 Å². The van der Waals surface area contributed by atoms with Crippen molar-refractivity contribution in [1.82, 2.24) is 4.57 Å². The highest BCUT2D eigenvalue weighted by atomic mass is 32.1. The molecule has 3 heteroatoms. The van der Waals surface area contributed by atoms with Crippen LogP contribution in [0.1, 0.15) is 44.3 Å². The zero-order valence-electron chi connectivity index (χ0n) is 31.4. The summed E-state index contributed by atoms with van der Waals surface area (Å²) in [6.07, 6.45) is 0. The van der Waals surface area contributed by atoms with Crippen LogP contribution < -0.4 is 4.74 Å². The minimum Gasteiger partial charge on any atom is -0.456 e. The molecular weight excluding hydrogens is 579 g/mol. The van der Waals surface area contributed by atoms with Gasteiger partial charge in [0.2, 0.25) is 0 Å². The van der Waals surface area contributed by atoms with Gasteiger partial charge in [-0.05, 0) is 71.9 Å². The van der Waals surface area contributed by atoms with Gasteiger partial charge in [0.25, 0.3) is 0 Å². The van der Waals surface area contributed by atoms with E-state index in [0.29, 0.717) is 39.3 Å². The van der Waals surface area contributed by atoms with Crippen molar-refractivity contribution in [2.75, 3.05) is 0 Å². The van der Waals surface area contributed by atoms with Crippen molar-refractivity contribution >= 4 is 42.5 Å². The average Bonchev–Trinajstić information content (AvgIpc) is 3.65. The third-order valence-electron chi connectivity index (χ3n) is 9.48. The number of aryl methyl sites for hydroxylation is 1. The van der Waals surface area contributed by atoms with Crippen LogP contribution in [0.5, 0.6) is 11.5 Å². The van der Waals surface area contributed by atoms with Gasteiger partial charge in [0.15, 0.2) is 0 Å². The Bertz CT molecular complexity index is 2740. The van der Waals surface area contributed by atoms with Crippen molar-refractivity contribution in [2.24, 2.45) is 0 Å². The van der Waals surface area contributed by atoms with Crippen LogP contribution in [-0.2, 0) is 5.41 Å². The highest BCUT2D eigenvalue weighted by Gasteiger charge is 2.35. The minimum atomic E-state index is -2.52. The lowest BCUT2D eigenvalue weighted by molar-refractivity contribution is 0.419. The predicted molar refractivity (Wildman–Crippen MR) is 195 cm³/mol. The number of hydrogen-bond acceptors (Lipinski definition) is 2. The fraction of sp³-hybridized carbons (Fsp3) is 0.116. The van der Waals surface area contributed by atoms with Crippen molar-refractivity contribution in [2.45, 2.75) is 33.0 Å².